The monoisotopic (exact) mass is 378 g/mol. The molecule has 1 atom stereocenters. The van der Waals surface area contributed by atoms with E-state index < -0.39 is 5.41 Å². The lowest BCUT2D eigenvalue weighted by Crippen LogP contribution is -2.48. The summed E-state index contributed by atoms with van der Waals surface area (Å²) in [4.78, 5) is 13.6. The van der Waals surface area contributed by atoms with Crippen molar-refractivity contribution in [3.8, 4) is 11.5 Å². The molecule has 28 heavy (non-hydrogen) atoms. The minimum absolute atomic E-state index is 0.0181. The van der Waals surface area contributed by atoms with E-state index in [2.05, 4.69) is 6.58 Å². The van der Waals surface area contributed by atoms with Crippen LogP contribution >= 0.6 is 0 Å². The number of hydrogen-bond acceptors (Lipinski definition) is 4. The molecule has 1 aliphatic carbocycles. The highest BCUT2D eigenvalue weighted by Gasteiger charge is 2.56. The highest BCUT2D eigenvalue weighted by atomic mass is 16.5. The van der Waals surface area contributed by atoms with Crippen LogP contribution in [0.3, 0.4) is 0 Å². The summed E-state index contributed by atoms with van der Waals surface area (Å²) < 4.78 is 16.9. The van der Waals surface area contributed by atoms with Gasteiger partial charge >= 0.3 is 0 Å². The summed E-state index contributed by atoms with van der Waals surface area (Å²) in [7, 11) is 3.23. The fourth-order valence-electron chi connectivity index (χ4n) is 3.68. The van der Waals surface area contributed by atoms with Crippen LogP contribution in [-0.4, -0.2) is 26.1 Å². The van der Waals surface area contributed by atoms with Crippen LogP contribution < -0.4 is 9.47 Å². The van der Waals surface area contributed by atoms with Crippen LogP contribution in [0.1, 0.15) is 31.4 Å². The SMILES string of the molecule is C=CCC1(c2cccc(OC)c2)C(=O)C(c2cccc(OC)c2)=C1OC(C)C. The van der Waals surface area contributed by atoms with Crippen LogP contribution in [-0.2, 0) is 14.9 Å². The van der Waals surface area contributed by atoms with Gasteiger partial charge in [0, 0.05) is 0 Å². The van der Waals surface area contributed by atoms with Crippen LogP contribution in [0.2, 0.25) is 0 Å². The number of methoxy groups -OCH3 is 2. The minimum atomic E-state index is -0.890. The number of hydrogen-bond donors (Lipinski definition) is 0. The molecule has 0 heterocycles. The largest absolute Gasteiger partial charge is 0.497 e. The zero-order valence-corrected chi connectivity index (χ0v) is 16.8. The van der Waals surface area contributed by atoms with Gasteiger partial charge in [0.1, 0.15) is 22.7 Å². The number of allylic oxidation sites excluding steroid dienone is 3. The molecule has 0 fully saturated rings. The Morgan fingerprint density at radius 3 is 2.29 bits per heavy atom. The van der Waals surface area contributed by atoms with E-state index >= 15 is 0 Å². The molecule has 146 valence electrons. The summed E-state index contributed by atoms with van der Waals surface area (Å²) in [6.45, 7) is 7.81. The molecule has 0 N–H and O–H groups in total. The summed E-state index contributed by atoms with van der Waals surface area (Å²) >= 11 is 0. The summed E-state index contributed by atoms with van der Waals surface area (Å²) in [6.07, 6.45) is 2.15. The molecule has 0 saturated carbocycles. The van der Waals surface area contributed by atoms with Crippen LogP contribution in [0.25, 0.3) is 5.57 Å². The molecule has 2 aromatic carbocycles. The molecule has 3 rings (SSSR count). The lowest BCUT2D eigenvalue weighted by molar-refractivity contribution is -0.122. The van der Waals surface area contributed by atoms with Crippen LogP contribution in [0, 0.1) is 0 Å². The fraction of sp³-hybridized carbons (Fsp3) is 0.292. The maximum atomic E-state index is 13.6. The first-order valence-corrected chi connectivity index (χ1v) is 9.34. The van der Waals surface area contributed by atoms with E-state index in [0.717, 1.165) is 11.1 Å². The molecule has 0 aliphatic heterocycles. The number of Topliss-reactive ketones (excluding diaryl/α,β-unsaturated/α-hetero) is 1. The maximum absolute atomic E-state index is 13.6. The molecule has 0 radical (unpaired) electrons. The molecule has 2 aromatic rings. The fourth-order valence-corrected chi connectivity index (χ4v) is 3.68. The van der Waals surface area contributed by atoms with Crippen LogP contribution in [0.4, 0.5) is 0 Å². The van der Waals surface area contributed by atoms with E-state index in [1.54, 1.807) is 20.3 Å². The van der Waals surface area contributed by atoms with Crippen molar-refractivity contribution in [2.75, 3.05) is 14.2 Å². The van der Waals surface area contributed by atoms with E-state index in [9.17, 15) is 4.79 Å². The molecule has 0 saturated heterocycles. The number of ether oxygens (including phenoxy) is 3. The second-order valence-electron chi connectivity index (χ2n) is 7.06. The third-order valence-corrected chi connectivity index (χ3v) is 4.95. The topological polar surface area (TPSA) is 44.8 Å². The smallest absolute Gasteiger partial charge is 0.185 e. The van der Waals surface area contributed by atoms with Crippen molar-refractivity contribution in [1.82, 2.24) is 0 Å². The van der Waals surface area contributed by atoms with Crippen molar-refractivity contribution in [1.29, 1.82) is 0 Å². The maximum Gasteiger partial charge on any atom is 0.185 e. The standard InChI is InChI=1S/C24H26O4/c1-6-13-24(18-10-8-12-20(15-18)27-5)22(25)21(23(24)28-16(2)3)17-9-7-11-19(14-17)26-4/h6-12,14-16H,1,13H2,2-5H3. The van der Waals surface area contributed by atoms with E-state index in [0.29, 0.717) is 29.3 Å². The lowest BCUT2D eigenvalue weighted by Gasteiger charge is -2.44. The van der Waals surface area contributed by atoms with E-state index in [1.165, 1.54) is 0 Å². The number of ketones is 1. The first-order valence-electron chi connectivity index (χ1n) is 9.34. The van der Waals surface area contributed by atoms with Crippen molar-refractivity contribution in [3.63, 3.8) is 0 Å². The molecule has 0 amide bonds. The summed E-state index contributed by atoms with van der Waals surface area (Å²) in [6, 6.07) is 15.1. The predicted molar refractivity (Wildman–Crippen MR) is 111 cm³/mol. The quantitative estimate of drug-likeness (QED) is 0.611. The summed E-state index contributed by atoms with van der Waals surface area (Å²) in [5, 5.41) is 0. The Bertz CT molecular complexity index is 926. The van der Waals surface area contributed by atoms with Gasteiger partial charge in [-0.25, -0.2) is 0 Å². The Morgan fingerprint density at radius 2 is 1.68 bits per heavy atom. The molecule has 4 heteroatoms. The molecule has 0 aromatic heterocycles. The molecule has 1 unspecified atom stereocenters. The number of rotatable bonds is 8. The molecule has 1 aliphatic rings. The Kier molecular flexibility index (Phi) is 5.59. The van der Waals surface area contributed by atoms with E-state index in [1.807, 2.05) is 62.4 Å². The summed E-state index contributed by atoms with van der Waals surface area (Å²) in [5.74, 6) is 2.09. The van der Waals surface area contributed by atoms with Gasteiger partial charge in [0.25, 0.3) is 0 Å². The molecule has 0 spiro atoms. The molecular formula is C24H26O4. The van der Waals surface area contributed by atoms with Gasteiger partial charge in [-0.05, 0) is 55.7 Å². The van der Waals surface area contributed by atoms with Gasteiger partial charge in [-0.2, -0.15) is 0 Å². The molecule has 0 bridgehead atoms. The zero-order valence-electron chi connectivity index (χ0n) is 16.8. The Morgan fingerprint density at radius 1 is 1.04 bits per heavy atom. The van der Waals surface area contributed by atoms with Crippen LogP contribution in [0.15, 0.2) is 66.9 Å². The van der Waals surface area contributed by atoms with Gasteiger partial charge in [-0.3, -0.25) is 4.79 Å². The van der Waals surface area contributed by atoms with E-state index in [-0.39, 0.29) is 11.9 Å². The van der Waals surface area contributed by atoms with Crippen molar-refractivity contribution in [2.45, 2.75) is 31.8 Å². The predicted octanol–water partition coefficient (Wildman–Crippen LogP) is 4.94. The lowest BCUT2D eigenvalue weighted by atomic mass is 9.60. The molecule has 4 nitrogen and oxygen atoms in total. The third-order valence-electron chi connectivity index (χ3n) is 4.95. The molecular weight excluding hydrogens is 352 g/mol. The Hall–Kier alpha value is -3.01. The van der Waals surface area contributed by atoms with Crippen molar-refractivity contribution in [2.24, 2.45) is 0 Å². The third kappa shape index (κ3) is 3.19. The number of benzene rings is 2. The van der Waals surface area contributed by atoms with Gasteiger partial charge < -0.3 is 14.2 Å². The summed E-state index contributed by atoms with van der Waals surface area (Å²) in [5.41, 5.74) is 1.35. The van der Waals surface area contributed by atoms with Crippen molar-refractivity contribution in [3.05, 3.63) is 78.1 Å². The zero-order chi connectivity index (χ0) is 20.3. The van der Waals surface area contributed by atoms with Gasteiger partial charge in [0.05, 0.1) is 25.9 Å². The van der Waals surface area contributed by atoms with Gasteiger partial charge in [0.15, 0.2) is 5.78 Å². The van der Waals surface area contributed by atoms with Gasteiger partial charge in [-0.1, -0.05) is 30.3 Å². The van der Waals surface area contributed by atoms with Crippen molar-refractivity contribution >= 4 is 11.4 Å². The van der Waals surface area contributed by atoms with Gasteiger partial charge in [-0.15, -0.1) is 6.58 Å². The highest BCUT2D eigenvalue weighted by Crippen LogP contribution is 2.53. The first kappa shape index (κ1) is 19.7. The van der Waals surface area contributed by atoms with E-state index in [4.69, 9.17) is 14.2 Å². The minimum Gasteiger partial charge on any atom is -0.497 e. The second kappa shape index (κ2) is 7.93. The van der Waals surface area contributed by atoms with Gasteiger partial charge in [0.2, 0.25) is 0 Å². The normalized spacial score (nSPS) is 18.7. The first-order chi connectivity index (χ1) is 13.5. The number of carbonyl (C=O) groups is 1. The second-order valence-corrected chi connectivity index (χ2v) is 7.06. The Balaban J connectivity index is 2.23. The van der Waals surface area contributed by atoms with Crippen molar-refractivity contribution < 1.29 is 19.0 Å². The van der Waals surface area contributed by atoms with Crippen LogP contribution in [0.5, 0.6) is 11.5 Å². The highest BCUT2D eigenvalue weighted by molar-refractivity contribution is 6.34. The average Bonchev–Trinajstić information content (AvgIpc) is 2.71. The number of carbonyl (C=O) groups excluding carboxylic acids is 1. The average molecular weight is 378 g/mol. The Labute approximate surface area is 166 Å².